The Labute approximate surface area is 113 Å². The molecule has 0 atom stereocenters. The average molecular weight is 276 g/mol. The molecule has 1 aromatic heterocycles. The van der Waals surface area contributed by atoms with Gasteiger partial charge in [0.1, 0.15) is 0 Å². The van der Waals surface area contributed by atoms with E-state index >= 15 is 0 Å². The zero-order chi connectivity index (χ0) is 14.7. The van der Waals surface area contributed by atoms with Crippen molar-refractivity contribution in [3.63, 3.8) is 0 Å². The maximum absolute atomic E-state index is 11.9. The van der Waals surface area contributed by atoms with Crippen LogP contribution in [0.4, 0.5) is 11.5 Å². The van der Waals surface area contributed by atoms with Crippen molar-refractivity contribution < 1.29 is 19.0 Å². The minimum absolute atomic E-state index is 0.0914. The van der Waals surface area contributed by atoms with Gasteiger partial charge >= 0.3 is 5.97 Å². The fraction of sp³-hybridized carbons (Fsp3) is 0.167. The number of nitrogens with zero attached hydrogens (tertiary/aromatic N) is 2. The third-order valence-corrected chi connectivity index (χ3v) is 2.62. The number of aromatic nitrogens is 2. The number of nitrogens with two attached hydrogens (primary N) is 1. The molecule has 0 aliphatic heterocycles. The van der Waals surface area contributed by atoms with Crippen LogP contribution in [0.25, 0.3) is 0 Å². The second-order valence-corrected chi connectivity index (χ2v) is 3.97. The number of ether oxygens (including phenoxy) is 1. The van der Waals surface area contributed by atoms with Crippen molar-refractivity contribution in [2.45, 2.75) is 6.92 Å². The summed E-state index contributed by atoms with van der Waals surface area (Å²) in [5, 5.41) is 9.33. The minimum atomic E-state index is -0.544. The van der Waals surface area contributed by atoms with Crippen molar-refractivity contribution in [1.29, 1.82) is 0 Å². The van der Waals surface area contributed by atoms with Gasteiger partial charge in [-0.05, 0) is 41.0 Å². The summed E-state index contributed by atoms with van der Waals surface area (Å²) in [6, 6.07) is 4.73. The van der Waals surface area contributed by atoms with Crippen LogP contribution in [0, 0.1) is 6.92 Å². The molecular weight excluding hydrogens is 264 g/mol. The Bertz CT molecular complexity index is 665. The molecule has 20 heavy (non-hydrogen) atoms. The second kappa shape index (κ2) is 5.39. The monoisotopic (exact) mass is 276 g/mol. The topological polar surface area (TPSA) is 120 Å². The first kappa shape index (κ1) is 13.5. The Morgan fingerprint density at radius 1 is 1.35 bits per heavy atom. The van der Waals surface area contributed by atoms with E-state index in [-0.39, 0.29) is 11.5 Å². The zero-order valence-electron chi connectivity index (χ0n) is 10.8. The molecule has 1 aromatic carbocycles. The molecule has 0 bridgehead atoms. The number of esters is 1. The molecule has 0 aliphatic rings. The van der Waals surface area contributed by atoms with Gasteiger partial charge in [0.15, 0.2) is 0 Å². The van der Waals surface area contributed by atoms with Gasteiger partial charge in [0.25, 0.3) is 5.91 Å². The van der Waals surface area contributed by atoms with Crippen LogP contribution in [0.15, 0.2) is 22.8 Å². The van der Waals surface area contributed by atoms with Crippen molar-refractivity contribution >= 4 is 23.4 Å². The molecule has 0 fully saturated rings. The lowest BCUT2D eigenvalue weighted by atomic mass is 10.1. The number of aryl methyl sites for hydroxylation is 1. The van der Waals surface area contributed by atoms with Crippen LogP contribution in [0.3, 0.4) is 0 Å². The fourth-order valence-corrected chi connectivity index (χ4v) is 1.58. The molecule has 0 saturated heterocycles. The number of hydrogen-bond donors (Lipinski definition) is 2. The first-order chi connectivity index (χ1) is 9.52. The summed E-state index contributed by atoms with van der Waals surface area (Å²) in [6.07, 6.45) is 0. The van der Waals surface area contributed by atoms with Crippen molar-refractivity contribution in [1.82, 2.24) is 10.3 Å². The SMILES string of the molecule is COC(=O)c1ccc(NC(=O)c2nonc2N)c(C)c1. The van der Waals surface area contributed by atoms with E-state index in [4.69, 9.17) is 5.73 Å². The third-order valence-electron chi connectivity index (χ3n) is 2.62. The molecular formula is C12H12N4O4. The molecule has 1 amide bonds. The summed E-state index contributed by atoms with van der Waals surface area (Å²) in [5.74, 6) is -1.08. The van der Waals surface area contributed by atoms with E-state index in [1.165, 1.54) is 7.11 Å². The Balaban J connectivity index is 2.20. The first-order valence-electron chi connectivity index (χ1n) is 5.61. The number of carbonyl (C=O) groups is 2. The normalized spacial score (nSPS) is 10.1. The zero-order valence-corrected chi connectivity index (χ0v) is 10.8. The van der Waals surface area contributed by atoms with Crippen LogP contribution >= 0.6 is 0 Å². The molecule has 1 heterocycles. The van der Waals surface area contributed by atoms with Gasteiger partial charge in [0, 0.05) is 5.69 Å². The highest BCUT2D eigenvalue weighted by molar-refractivity contribution is 6.06. The van der Waals surface area contributed by atoms with Crippen LogP contribution in [-0.4, -0.2) is 29.3 Å². The van der Waals surface area contributed by atoms with Crippen molar-refractivity contribution in [3.8, 4) is 0 Å². The molecule has 0 saturated carbocycles. The van der Waals surface area contributed by atoms with Crippen molar-refractivity contribution in [3.05, 3.63) is 35.0 Å². The van der Waals surface area contributed by atoms with E-state index in [0.717, 1.165) is 0 Å². The summed E-state index contributed by atoms with van der Waals surface area (Å²) in [4.78, 5) is 23.3. The van der Waals surface area contributed by atoms with Gasteiger partial charge in [-0.1, -0.05) is 0 Å². The number of amides is 1. The highest BCUT2D eigenvalue weighted by Gasteiger charge is 2.17. The Morgan fingerprint density at radius 3 is 2.65 bits per heavy atom. The van der Waals surface area contributed by atoms with Gasteiger partial charge in [0.2, 0.25) is 11.5 Å². The standard InChI is InChI=1S/C12H12N4O4/c1-6-5-7(12(18)19-2)3-4-8(6)14-11(17)9-10(13)16-20-15-9/h3-5H,1-2H3,(H2,13,16)(H,14,17). The van der Waals surface area contributed by atoms with Gasteiger partial charge in [-0.25, -0.2) is 9.42 Å². The van der Waals surface area contributed by atoms with E-state index in [9.17, 15) is 9.59 Å². The predicted molar refractivity (Wildman–Crippen MR) is 69.2 cm³/mol. The number of benzene rings is 1. The molecule has 3 N–H and O–H groups in total. The maximum atomic E-state index is 11.9. The molecule has 0 aliphatic carbocycles. The fourth-order valence-electron chi connectivity index (χ4n) is 1.58. The lowest BCUT2D eigenvalue weighted by Gasteiger charge is -2.08. The molecule has 8 heteroatoms. The van der Waals surface area contributed by atoms with Crippen LogP contribution in [-0.2, 0) is 4.74 Å². The maximum Gasteiger partial charge on any atom is 0.337 e. The predicted octanol–water partition coefficient (Wildman–Crippen LogP) is 0.999. The Hall–Kier alpha value is -2.90. The lowest BCUT2D eigenvalue weighted by molar-refractivity contribution is 0.0600. The largest absolute Gasteiger partial charge is 0.465 e. The van der Waals surface area contributed by atoms with Crippen LogP contribution in [0.5, 0.6) is 0 Å². The second-order valence-electron chi connectivity index (χ2n) is 3.97. The van der Waals surface area contributed by atoms with Crippen molar-refractivity contribution in [2.24, 2.45) is 0 Å². The number of hydrogen-bond acceptors (Lipinski definition) is 7. The number of methoxy groups -OCH3 is 1. The van der Waals surface area contributed by atoms with Gasteiger partial charge < -0.3 is 15.8 Å². The number of carbonyl (C=O) groups excluding carboxylic acids is 2. The van der Waals surface area contributed by atoms with Crippen LogP contribution in [0.2, 0.25) is 0 Å². The quantitative estimate of drug-likeness (QED) is 0.802. The van der Waals surface area contributed by atoms with E-state index < -0.39 is 11.9 Å². The highest BCUT2D eigenvalue weighted by Crippen LogP contribution is 2.18. The van der Waals surface area contributed by atoms with Gasteiger partial charge in [-0.2, -0.15) is 0 Å². The molecule has 0 unspecified atom stereocenters. The van der Waals surface area contributed by atoms with E-state index in [1.807, 2.05) is 0 Å². The Kier molecular flexibility index (Phi) is 3.65. The van der Waals surface area contributed by atoms with E-state index in [2.05, 4.69) is 25.0 Å². The van der Waals surface area contributed by atoms with Crippen LogP contribution in [0.1, 0.15) is 26.4 Å². The summed E-state index contributed by atoms with van der Waals surface area (Å²) in [7, 11) is 1.30. The number of nitrogen functional groups attached to an aromatic ring is 1. The molecule has 2 aromatic rings. The Morgan fingerprint density at radius 2 is 2.10 bits per heavy atom. The van der Waals surface area contributed by atoms with Gasteiger partial charge in [0.05, 0.1) is 12.7 Å². The van der Waals surface area contributed by atoms with E-state index in [0.29, 0.717) is 16.8 Å². The average Bonchev–Trinajstić information content (AvgIpc) is 2.86. The summed E-state index contributed by atoms with van der Waals surface area (Å²) >= 11 is 0. The minimum Gasteiger partial charge on any atom is -0.465 e. The molecule has 0 spiro atoms. The molecule has 2 rings (SSSR count). The first-order valence-corrected chi connectivity index (χ1v) is 5.61. The van der Waals surface area contributed by atoms with Gasteiger partial charge in [-0.3, -0.25) is 4.79 Å². The summed E-state index contributed by atoms with van der Waals surface area (Å²) in [6.45, 7) is 1.74. The highest BCUT2D eigenvalue weighted by atomic mass is 16.6. The van der Waals surface area contributed by atoms with Gasteiger partial charge in [-0.15, -0.1) is 0 Å². The molecule has 8 nitrogen and oxygen atoms in total. The lowest BCUT2D eigenvalue weighted by Crippen LogP contribution is -2.15. The van der Waals surface area contributed by atoms with E-state index in [1.54, 1.807) is 25.1 Å². The number of rotatable bonds is 3. The smallest absolute Gasteiger partial charge is 0.337 e. The third kappa shape index (κ3) is 2.58. The number of anilines is 2. The van der Waals surface area contributed by atoms with Crippen molar-refractivity contribution in [2.75, 3.05) is 18.2 Å². The summed E-state index contributed by atoms with van der Waals surface area (Å²) < 4.78 is 8.97. The molecule has 0 radical (unpaired) electrons. The molecule has 104 valence electrons. The number of nitrogens with one attached hydrogen (secondary N) is 1. The van der Waals surface area contributed by atoms with Crippen LogP contribution < -0.4 is 11.1 Å². The summed E-state index contributed by atoms with van der Waals surface area (Å²) in [5.41, 5.74) is 6.93.